The van der Waals surface area contributed by atoms with Crippen LogP contribution in [0.15, 0.2) is 0 Å². The molecule has 1 atom stereocenters. The summed E-state index contributed by atoms with van der Waals surface area (Å²) in [6.45, 7) is 0.562. The molecule has 0 rings (SSSR count). The Bertz CT molecular complexity index is 161. The first kappa shape index (κ1) is 13.3. The molecule has 0 saturated heterocycles. The normalized spacial score (nSPS) is 13.1. The van der Waals surface area contributed by atoms with E-state index in [0.717, 1.165) is 18.1 Å². The Morgan fingerprint density at radius 3 is 2.36 bits per heavy atom. The number of hydrogen-bond acceptors (Lipinski definition) is 5. The summed E-state index contributed by atoms with van der Waals surface area (Å²) in [6.07, 6.45) is 1.98. The van der Waals surface area contributed by atoms with Crippen molar-refractivity contribution in [3.63, 3.8) is 0 Å². The SMILES string of the molecule is CON(OC)[C@@H](CCCCN)C(=O)O. The highest BCUT2D eigenvalue weighted by Crippen LogP contribution is 2.09. The number of carboxylic acid groups (broad SMARTS) is 1. The molecule has 0 radical (unpaired) electrons. The average Bonchev–Trinajstić information content (AvgIpc) is 2.17. The lowest BCUT2D eigenvalue weighted by Crippen LogP contribution is -2.39. The molecule has 0 aromatic rings. The third-order valence-corrected chi connectivity index (χ3v) is 1.83. The van der Waals surface area contributed by atoms with Crippen molar-refractivity contribution in [2.45, 2.75) is 25.3 Å². The predicted molar refractivity (Wildman–Crippen MR) is 50.2 cm³/mol. The zero-order valence-electron chi connectivity index (χ0n) is 8.60. The van der Waals surface area contributed by atoms with Gasteiger partial charge in [0.1, 0.15) is 0 Å². The van der Waals surface area contributed by atoms with Gasteiger partial charge >= 0.3 is 5.97 Å². The van der Waals surface area contributed by atoms with Crippen LogP contribution < -0.4 is 5.73 Å². The van der Waals surface area contributed by atoms with Gasteiger partial charge in [-0.25, -0.2) is 0 Å². The second-order valence-corrected chi connectivity index (χ2v) is 2.79. The predicted octanol–water partition coefficient (Wildman–Crippen LogP) is -0.00660. The number of nitrogens with zero attached hydrogens (tertiary/aromatic N) is 1. The minimum absolute atomic E-state index is 0.453. The molecule has 0 aromatic heterocycles. The molecule has 0 aliphatic rings. The third kappa shape index (κ3) is 4.52. The van der Waals surface area contributed by atoms with Gasteiger partial charge in [0, 0.05) is 0 Å². The van der Waals surface area contributed by atoms with Crippen LogP contribution in [0, 0.1) is 0 Å². The van der Waals surface area contributed by atoms with Crippen molar-refractivity contribution in [1.82, 2.24) is 5.23 Å². The van der Waals surface area contributed by atoms with Gasteiger partial charge in [-0.05, 0) is 25.8 Å². The standard InChI is InChI=1S/C8H18N2O4/c1-13-10(14-2)7(8(11)12)5-3-4-6-9/h7H,3-6,9H2,1-2H3,(H,11,12)/t7-/m0/s1. The number of carbonyl (C=O) groups is 1. The van der Waals surface area contributed by atoms with E-state index in [1.54, 1.807) is 0 Å². The quantitative estimate of drug-likeness (QED) is 0.429. The molecule has 0 aromatic carbocycles. The molecule has 0 amide bonds. The molecule has 0 spiro atoms. The van der Waals surface area contributed by atoms with Crippen LogP contribution in [0.3, 0.4) is 0 Å². The highest BCUT2D eigenvalue weighted by molar-refractivity contribution is 5.72. The molecule has 0 saturated carbocycles. The second-order valence-electron chi connectivity index (χ2n) is 2.79. The van der Waals surface area contributed by atoms with Crippen molar-refractivity contribution in [1.29, 1.82) is 0 Å². The van der Waals surface area contributed by atoms with Gasteiger partial charge in [-0.3, -0.25) is 14.5 Å². The van der Waals surface area contributed by atoms with Gasteiger partial charge in [-0.1, -0.05) is 5.23 Å². The molecular weight excluding hydrogens is 188 g/mol. The van der Waals surface area contributed by atoms with Crippen molar-refractivity contribution in [2.75, 3.05) is 20.8 Å². The minimum atomic E-state index is -0.967. The summed E-state index contributed by atoms with van der Waals surface area (Å²) < 4.78 is 0. The summed E-state index contributed by atoms with van der Waals surface area (Å²) in [4.78, 5) is 20.3. The van der Waals surface area contributed by atoms with Crippen molar-refractivity contribution in [3.05, 3.63) is 0 Å². The van der Waals surface area contributed by atoms with Gasteiger partial charge in [-0.15, -0.1) is 0 Å². The molecule has 0 aliphatic carbocycles. The van der Waals surface area contributed by atoms with E-state index in [2.05, 4.69) is 0 Å². The molecular formula is C8H18N2O4. The lowest BCUT2D eigenvalue weighted by atomic mass is 10.1. The van der Waals surface area contributed by atoms with E-state index in [1.165, 1.54) is 14.2 Å². The molecule has 0 fully saturated rings. The fourth-order valence-corrected chi connectivity index (χ4v) is 1.13. The van der Waals surface area contributed by atoms with Crippen molar-refractivity contribution >= 4 is 5.97 Å². The fourth-order valence-electron chi connectivity index (χ4n) is 1.13. The Balaban J connectivity index is 4.06. The first-order chi connectivity index (χ1) is 6.67. The number of carboxylic acids is 1. The van der Waals surface area contributed by atoms with Crippen LogP contribution in [0.4, 0.5) is 0 Å². The van der Waals surface area contributed by atoms with E-state index < -0.39 is 12.0 Å². The van der Waals surface area contributed by atoms with Crippen LogP contribution >= 0.6 is 0 Å². The number of aliphatic carboxylic acids is 1. The maximum atomic E-state index is 10.8. The van der Waals surface area contributed by atoms with Crippen LogP contribution in [0.2, 0.25) is 0 Å². The van der Waals surface area contributed by atoms with E-state index in [0.29, 0.717) is 13.0 Å². The Labute approximate surface area is 83.5 Å². The topological polar surface area (TPSA) is 85.0 Å². The third-order valence-electron chi connectivity index (χ3n) is 1.83. The molecule has 14 heavy (non-hydrogen) atoms. The van der Waals surface area contributed by atoms with E-state index in [1.807, 2.05) is 0 Å². The average molecular weight is 206 g/mol. The molecule has 6 heteroatoms. The number of nitrogens with two attached hydrogens (primary N) is 1. The Hall–Kier alpha value is -0.690. The van der Waals surface area contributed by atoms with Crippen LogP contribution in [0.1, 0.15) is 19.3 Å². The van der Waals surface area contributed by atoms with Crippen LogP contribution in [-0.4, -0.2) is 43.1 Å². The summed E-state index contributed by atoms with van der Waals surface area (Å²) in [7, 11) is 2.73. The Kier molecular flexibility index (Phi) is 7.31. The lowest BCUT2D eigenvalue weighted by molar-refractivity contribution is -0.360. The van der Waals surface area contributed by atoms with E-state index >= 15 is 0 Å². The summed E-state index contributed by atoms with van der Waals surface area (Å²) in [5.74, 6) is -0.967. The van der Waals surface area contributed by atoms with Gasteiger partial charge in [-0.2, -0.15) is 0 Å². The smallest absolute Gasteiger partial charge is 0.325 e. The van der Waals surface area contributed by atoms with E-state index in [-0.39, 0.29) is 0 Å². The fraction of sp³-hybridized carbons (Fsp3) is 0.875. The highest BCUT2D eigenvalue weighted by atomic mass is 16.9. The van der Waals surface area contributed by atoms with E-state index in [4.69, 9.17) is 20.5 Å². The molecule has 0 bridgehead atoms. The van der Waals surface area contributed by atoms with Gasteiger partial charge in [0.25, 0.3) is 0 Å². The molecule has 3 N–H and O–H groups in total. The van der Waals surface area contributed by atoms with Crippen molar-refractivity contribution in [2.24, 2.45) is 5.73 Å². The molecule has 0 unspecified atom stereocenters. The summed E-state index contributed by atoms with van der Waals surface area (Å²) in [5, 5.41) is 9.84. The number of hydrogen-bond donors (Lipinski definition) is 2. The van der Waals surface area contributed by atoms with Gasteiger partial charge in [0.15, 0.2) is 6.04 Å². The van der Waals surface area contributed by atoms with Gasteiger partial charge < -0.3 is 10.8 Å². The van der Waals surface area contributed by atoms with Crippen LogP contribution in [0.5, 0.6) is 0 Å². The first-order valence-corrected chi connectivity index (χ1v) is 4.47. The summed E-state index contributed by atoms with van der Waals surface area (Å²) in [5.41, 5.74) is 5.31. The lowest BCUT2D eigenvalue weighted by Gasteiger charge is -2.23. The monoisotopic (exact) mass is 206 g/mol. The van der Waals surface area contributed by atoms with Crippen LogP contribution in [0.25, 0.3) is 0 Å². The summed E-state index contributed by atoms with van der Waals surface area (Å²) >= 11 is 0. The molecule has 84 valence electrons. The Morgan fingerprint density at radius 2 is 2.00 bits per heavy atom. The van der Waals surface area contributed by atoms with Gasteiger partial charge in [0.2, 0.25) is 0 Å². The van der Waals surface area contributed by atoms with E-state index in [9.17, 15) is 4.79 Å². The number of rotatable bonds is 8. The van der Waals surface area contributed by atoms with Crippen molar-refractivity contribution < 1.29 is 19.6 Å². The second kappa shape index (κ2) is 7.69. The van der Waals surface area contributed by atoms with Crippen molar-refractivity contribution in [3.8, 4) is 0 Å². The zero-order chi connectivity index (χ0) is 11.0. The molecule has 0 aliphatic heterocycles. The summed E-state index contributed by atoms with van der Waals surface area (Å²) in [6, 6.07) is -0.781. The largest absolute Gasteiger partial charge is 0.480 e. The minimum Gasteiger partial charge on any atom is -0.480 e. The number of hydroxylamine groups is 2. The van der Waals surface area contributed by atoms with Crippen LogP contribution in [-0.2, 0) is 14.5 Å². The van der Waals surface area contributed by atoms with Gasteiger partial charge in [0.05, 0.1) is 14.2 Å². The molecule has 0 heterocycles. The molecule has 6 nitrogen and oxygen atoms in total. The first-order valence-electron chi connectivity index (χ1n) is 4.47. The number of unbranched alkanes of at least 4 members (excludes halogenated alkanes) is 1. The maximum Gasteiger partial charge on any atom is 0.325 e. The Morgan fingerprint density at radius 1 is 1.43 bits per heavy atom. The zero-order valence-corrected chi connectivity index (χ0v) is 8.60. The highest BCUT2D eigenvalue weighted by Gasteiger charge is 2.25. The maximum absolute atomic E-state index is 10.8.